The van der Waals surface area contributed by atoms with Gasteiger partial charge in [0, 0.05) is 5.56 Å². The lowest BCUT2D eigenvalue weighted by Gasteiger charge is -2.14. The summed E-state index contributed by atoms with van der Waals surface area (Å²) in [4.78, 5) is 22.0. The van der Waals surface area contributed by atoms with Crippen LogP contribution in [-0.4, -0.2) is 22.4 Å². The Morgan fingerprint density at radius 3 is 2.62 bits per heavy atom. The van der Waals surface area contributed by atoms with Crippen LogP contribution in [0.2, 0.25) is 0 Å². The van der Waals surface area contributed by atoms with Crippen molar-refractivity contribution in [3.8, 4) is 0 Å². The third-order valence-electron chi connectivity index (χ3n) is 2.05. The Kier molecular flexibility index (Phi) is 4.49. The monoisotopic (exact) mass is 286 g/mol. The fourth-order valence-electron chi connectivity index (χ4n) is 1.34. The minimum Gasteiger partial charge on any atom is -0.478 e. The lowest BCUT2D eigenvalue weighted by molar-refractivity contribution is -0.145. The molecule has 1 rings (SSSR count). The van der Waals surface area contributed by atoms with E-state index in [-0.39, 0.29) is 10.9 Å². The predicted octanol–water partition coefficient (Wildman–Crippen LogP) is 2.38. The normalized spacial score (nSPS) is 11.9. The van der Waals surface area contributed by atoms with Gasteiger partial charge in [0.15, 0.2) is 0 Å². The van der Waals surface area contributed by atoms with Crippen LogP contribution < -0.4 is 0 Å². The fraction of sp³-hybridized carbons (Fsp3) is 0.273. The minimum atomic E-state index is -1.03. The number of alkyl halides is 1. The van der Waals surface area contributed by atoms with E-state index >= 15 is 0 Å². The number of hydrogen-bond acceptors (Lipinski definition) is 3. The fourth-order valence-corrected chi connectivity index (χ4v) is 1.47. The summed E-state index contributed by atoms with van der Waals surface area (Å²) < 4.78 is 5.03. The average Bonchev–Trinajstić information content (AvgIpc) is 2.28. The van der Waals surface area contributed by atoms with Crippen molar-refractivity contribution < 1.29 is 19.4 Å². The Balaban J connectivity index is 2.94. The van der Waals surface area contributed by atoms with Crippen LogP contribution in [0.5, 0.6) is 0 Å². The summed E-state index contributed by atoms with van der Waals surface area (Å²) in [6, 6.07) is 6.46. The van der Waals surface area contributed by atoms with Gasteiger partial charge in [0.2, 0.25) is 0 Å². The number of carboxylic acids is 1. The summed E-state index contributed by atoms with van der Waals surface area (Å²) >= 11 is 2.97. The van der Waals surface area contributed by atoms with Crippen LogP contribution in [0, 0.1) is 0 Å². The molecule has 0 radical (unpaired) electrons. The SMILES string of the molecule is CC(OC(=O)CBr)c1ccccc1C(=O)O. The Morgan fingerprint density at radius 1 is 1.44 bits per heavy atom. The third kappa shape index (κ3) is 3.06. The molecule has 1 aromatic carbocycles. The van der Waals surface area contributed by atoms with Gasteiger partial charge in [0.25, 0.3) is 0 Å². The number of rotatable bonds is 4. The molecule has 86 valence electrons. The molecular formula is C11H11BrO4. The number of esters is 1. The van der Waals surface area contributed by atoms with Gasteiger partial charge in [-0.15, -0.1) is 0 Å². The van der Waals surface area contributed by atoms with Crippen molar-refractivity contribution in [1.82, 2.24) is 0 Å². The van der Waals surface area contributed by atoms with Gasteiger partial charge in [0.1, 0.15) is 11.4 Å². The van der Waals surface area contributed by atoms with Crippen molar-refractivity contribution in [3.63, 3.8) is 0 Å². The molecule has 0 aromatic heterocycles. The third-order valence-corrected chi connectivity index (χ3v) is 2.50. The van der Waals surface area contributed by atoms with Gasteiger partial charge >= 0.3 is 11.9 Å². The van der Waals surface area contributed by atoms with E-state index in [1.165, 1.54) is 6.07 Å². The topological polar surface area (TPSA) is 63.6 Å². The molecule has 0 aliphatic rings. The van der Waals surface area contributed by atoms with Crippen LogP contribution in [0.25, 0.3) is 0 Å². The Hall–Kier alpha value is -1.36. The van der Waals surface area contributed by atoms with Gasteiger partial charge in [0.05, 0.1) is 5.56 Å². The van der Waals surface area contributed by atoms with Crippen LogP contribution in [0.3, 0.4) is 0 Å². The van der Waals surface area contributed by atoms with Crippen molar-refractivity contribution in [2.45, 2.75) is 13.0 Å². The number of halogens is 1. The largest absolute Gasteiger partial charge is 0.478 e. The molecule has 1 atom stereocenters. The maximum atomic E-state index is 11.1. The molecule has 0 aliphatic carbocycles. The highest BCUT2D eigenvalue weighted by Gasteiger charge is 2.17. The maximum absolute atomic E-state index is 11.1. The number of ether oxygens (including phenoxy) is 1. The number of aromatic carboxylic acids is 1. The molecule has 16 heavy (non-hydrogen) atoms. The highest BCUT2D eigenvalue weighted by molar-refractivity contribution is 9.09. The number of carbonyl (C=O) groups is 2. The van der Waals surface area contributed by atoms with E-state index in [1.54, 1.807) is 25.1 Å². The summed E-state index contributed by atoms with van der Waals surface area (Å²) in [6.45, 7) is 1.64. The van der Waals surface area contributed by atoms with Crippen molar-refractivity contribution in [2.24, 2.45) is 0 Å². The van der Waals surface area contributed by atoms with E-state index in [9.17, 15) is 9.59 Å². The molecule has 0 bridgehead atoms. The van der Waals surface area contributed by atoms with Crippen molar-refractivity contribution in [1.29, 1.82) is 0 Å². The molecule has 0 amide bonds. The number of carboxylic acid groups (broad SMARTS) is 1. The molecule has 0 heterocycles. The van der Waals surface area contributed by atoms with Gasteiger partial charge in [-0.05, 0) is 13.0 Å². The first-order valence-electron chi connectivity index (χ1n) is 4.64. The molecule has 0 fully saturated rings. The quantitative estimate of drug-likeness (QED) is 0.682. The Labute approximate surface area is 101 Å². The summed E-state index contributed by atoms with van der Waals surface area (Å²) in [5, 5.41) is 9.05. The predicted molar refractivity (Wildman–Crippen MR) is 61.7 cm³/mol. The van der Waals surface area contributed by atoms with Gasteiger partial charge in [-0.25, -0.2) is 4.79 Å². The Morgan fingerprint density at radius 2 is 2.06 bits per heavy atom. The van der Waals surface area contributed by atoms with Crippen molar-refractivity contribution in [3.05, 3.63) is 35.4 Å². The standard InChI is InChI=1S/C11H11BrO4/c1-7(16-10(13)6-12)8-4-2-3-5-9(8)11(14)15/h2-5,7H,6H2,1H3,(H,14,15). The second-order valence-corrected chi connectivity index (χ2v) is 3.72. The van der Waals surface area contributed by atoms with Crippen molar-refractivity contribution >= 4 is 27.9 Å². The zero-order valence-electron chi connectivity index (χ0n) is 8.64. The molecule has 1 N–H and O–H groups in total. The van der Waals surface area contributed by atoms with E-state index in [0.29, 0.717) is 5.56 Å². The second-order valence-electron chi connectivity index (χ2n) is 3.16. The minimum absolute atomic E-state index is 0.0899. The van der Waals surface area contributed by atoms with Gasteiger partial charge in [-0.1, -0.05) is 34.1 Å². The van der Waals surface area contributed by atoms with E-state index in [4.69, 9.17) is 9.84 Å². The van der Waals surface area contributed by atoms with Crippen LogP contribution >= 0.6 is 15.9 Å². The van der Waals surface area contributed by atoms with Gasteiger partial charge in [-0.2, -0.15) is 0 Å². The Bertz CT molecular complexity index is 403. The highest BCUT2D eigenvalue weighted by atomic mass is 79.9. The van der Waals surface area contributed by atoms with Crippen LogP contribution in [0.1, 0.15) is 28.9 Å². The summed E-state index contributed by atoms with van der Waals surface area (Å²) in [6.07, 6.45) is -0.572. The lowest BCUT2D eigenvalue weighted by Crippen LogP contribution is -2.12. The molecule has 0 spiro atoms. The first-order valence-corrected chi connectivity index (χ1v) is 5.76. The number of carbonyl (C=O) groups excluding carboxylic acids is 1. The number of hydrogen-bond donors (Lipinski definition) is 1. The molecule has 0 aliphatic heterocycles. The smallest absolute Gasteiger partial charge is 0.336 e. The molecule has 0 saturated carbocycles. The maximum Gasteiger partial charge on any atom is 0.336 e. The van der Waals surface area contributed by atoms with E-state index in [1.807, 2.05) is 0 Å². The van der Waals surface area contributed by atoms with Crippen LogP contribution in [0.15, 0.2) is 24.3 Å². The van der Waals surface area contributed by atoms with Crippen molar-refractivity contribution in [2.75, 3.05) is 5.33 Å². The highest BCUT2D eigenvalue weighted by Crippen LogP contribution is 2.21. The molecular weight excluding hydrogens is 276 g/mol. The second kappa shape index (κ2) is 5.65. The molecule has 5 heteroatoms. The van der Waals surface area contributed by atoms with Crippen LogP contribution in [-0.2, 0) is 9.53 Å². The summed E-state index contributed by atoms with van der Waals surface area (Å²) in [5.41, 5.74) is 0.640. The zero-order valence-corrected chi connectivity index (χ0v) is 10.2. The first-order chi connectivity index (χ1) is 7.56. The summed E-state index contributed by atoms with van der Waals surface area (Å²) in [7, 11) is 0. The molecule has 1 aromatic rings. The van der Waals surface area contributed by atoms with E-state index in [0.717, 1.165) is 0 Å². The van der Waals surface area contributed by atoms with E-state index < -0.39 is 18.0 Å². The summed E-state index contributed by atoms with van der Waals surface area (Å²) in [5.74, 6) is -1.45. The zero-order chi connectivity index (χ0) is 12.1. The van der Waals surface area contributed by atoms with Gasteiger partial charge < -0.3 is 9.84 Å². The van der Waals surface area contributed by atoms with Crippen LogP contribution in [0.4, 0.5) is 0 Å². The molecule has 1 unspecified atom stereocenters. The van der Waals surface area contributed by atoms with Gasteiger partial charge in [-0.3, -0.25) is 4.79 Å². The molecule has 0 saturated heterocycles. The first kappa shape index (κ1) is 12.7. The number of benzene rings is 1. The van der Waals surface area contributed by atoms with E-state index in [2.05, 4.69) is 15.9 Å². The lowest BCUT2D eigenvalue weighted by atomic mass is 10.0. The molecule has 4 nitrogen and oxygen atoms in total. The average molecular weight is 287 g/mol.